The van der Waals surface area contributed by atoms with E-state index in [0.29, 0.717) is 11.6 Å². The van der Waals surface area contributed by atoms with Gasteiger partial charge in [-0.05, 0) is 31.2 Å². The van der Waals surface area contributed by atoms with Crippen LogP contribution in [0.4, 0.5) is 0 Å². The highest BCUT2D eigenvalue weighted by Gasteiger charge is 2.28. The van der Waals surface area contributed by atoms with Crippen molar-refractivity contribution in [2.75, 3.05) is 13.1 Å². The van der Waals surface area contributed by atoms with Crippen LogP contribution in [0.1, 0.15) is 47.7 Å². The maximum absolute atomic E-state index is 12.3. The van der Waals surface area contributed by atoms with Gasteiger partial charge < -0.3 is 9.88 Å². The lowest BCUT2D eigenvalue weighted by Crippen LogP contribution is -2.36. The molecule has 2 aromatic rings. The normalized spacial score (nSPS) is 20.6. The minimum absolute atomic E-state index is 0.0365. The van der Waals surface area contributed by atoms with E-state index in [1.165, 1.54) is 18.4 Å². The molecule has 1 saturated carbocycles. The van der Waals surface area contributed by atoms with Crippen molar-refractivity contribution in [3.8, 4) is 0 Å². The molecular weight excluding hydrogens is 300 g/mol. The fraction of sp³-hybridized carbons (Fsp3) is 0.474. The molecule has 2 heterocycles. The highest BCUT2D eigenvalue weighted by atomic mass is 16.1. The van der Waals surface area contributed by atoms with Crippen molar-refractivity contribution in [3.63, 3.8) is 0 Å². The molecule has 1 atom stereocenters. The molecule has 4 rings (SSSR count). The van der Waals surface area contributed by atoms with E-state index >= 15 is 0 Å². The second-order valence-electron chi connectivity index (χ2n) is 6.96. The Labute approximate surface area is 142 Å². The number of hydrogen-bond donors (Lipinski definition) is 1. The number of benzene rings is 1. The van der Waals surface area contributed by atoms with Gasteiger partial charge in [0.2, 0.25) is 0 Å². The maximum atomic E-state index is 12.3. The van der Waals surface area contributed by atoms with Crippen molar-refractivity contribution < 1.29 is 4.79 Å². The number of nitrogens with one attached hydrogen (secondary N) is 1. The summed E-state index contributed by atoms with van der Waals surface area (Å²) in [7, 11) is 0. The number of rotatable bonds is 5. The first-order valence-corrected chi connectivity index (χ1v) is 8.84. The molecule has 0 bridgehead atoms. The van der Waals surface area contributed by atoms with Gasteiger partial charge in [0.1, 0.15) is 11.5 Å². The van der Waals surface area contributed by atoms with E-state index in [1.807, 2.05) is 12.3 Å². The van der Waals surface area contributed by atoms with Gasteiger partial charge in [0, 0.05) is 32.4 Å². The molecule has 1 aromatic heterocycles. The van der Waals surface area contributed by atoms with Gasteiger partial charge in [0.05, 0.1) is 6.04 Å². The number of fused-ring (bicyclic) bond motifs is 1. The Morgan fingerprint density at radius 2 is 2.04 bits per heavy atom. The Morgan fingerprint density at radius 3 is 2.79 bits per heavy atom. The third-order valence-electron chi connectivity index (χ3n) is 5.07. The zero-order chi connectivity index (χ0) is 16.5. The van der Waals surface area contributed by atoms with Crippen LogP contribution in [0.2, 0.25) is 0 Å². The molecule has 1 N–H and O–H groups in total. The largest absolute Gasteiger partial charge is 0.350 e. The Bertz CT molecular complexity index is 720. The van der Waals surface area contributed by atoms with Crippen LogP contribution in [0.25, 0.3) is 0 Å². The minimum Gasteiger partial charge on any atom is -0.350 e. The predicted molar refractivity (Wildman–Crippen MR) is 92.6 cm³/mol. The summed E-state index contributed by atoms with van der Waals surface area (Å²) in [4.78, 5) is 19.3. The zero-order valence-corrected chi connectivity index (χ0v) is 14.1. The number of amides is 1. The third kappa shape index (κ3) is 3.22. The van der Waals surface area contributed by atoms with Crippen molar-refractivity contribution in [2.24, 2.45) is 5.92 Å². The smallest absolute Gasteiger partial charge is 0.271 e. The molecule has 5 heteroatoms. The van der Waals surface area contributed by atoms with E-state index in [4.69, 9.17) is 0 Å². The quantitative estimate of drug-likeness (QED) is 0.920. The van der Waals surface area contributed by atoms with Crippen LogP contribution >= 0.6 is 0 Å². The van der Waals surface area contributed by atoms with E-state index in [0.717, 1.165) is 32.0 Å². The molecule has 1 aromatic carbocycles. The summed E-state index contributed by atoms with van der Waals surface area (Å²) in [5, 5.41) is 3.01. The SMILES string of the molecule is C[C@@H]1c2nc(C(=O)NCC3CC3)cn2CCN1Cc1ccccc1. The van der Waals surface area contributed by atoms with Crippen molar-refractivity contribution in [1.29, 1.82) is 0 Å². The van der Waals surface area contributed by atoms with E-state index in [9.17, 15) is 4.79 Å². The molecule has 0 spiro atoms. The van der Waals surface area contributed by atoms with E-state index in [1.54, 1.807) is 0 Å². The number of aromatic nitrogens is 2. The van der Waals surface area contributed by atoms with Crippen molar-refractivity contribution in [1.82, 2.24) is 19.8 Å². The molecule has 1 fully saturated rings. The maximum Gasteiger partial charge on any atom is 0.271 e. The summed E-state index contributed by atoms with van der Waals surface area (Å²) in [6, 6.07) is 10.7. The second kappa shape index (κ2) is 6.40. The number of imidazole rings is 1. The van der Waals surface area contributed by atoms with Gasteiger partial charge in [-0.3, -0.25) is 9.69 Å². The molecule has 5 nitrogen and oxygen atoms in total. The predicted octanol–water partition coefficient (Wildman–Crippen LogP) is 2.60. The molecule has 24 heavy (non-hydrogen) atoms. The molecule has 2 aliphatic rings. The molecule has 0 saturated heterocycles. The van der Waals surface area contributed by atoms with Gasteiger partial charge in [0.15, 0.2) is 0 Å². The summed E-state index contributed by atoms with van der Waals surface area (Å²) in [5.74, 6) is 1.64. The van der Waals surface area contributed by atoms with Gasteiger partial charge in [-0.2, -0.15) is 0 Å². The Balaban J connectivity index is 1.45. The average molecular weight is 324 g/mol. The standard InChI is InChI=1S/C19H24N4O/c1-14-18-21-17(19(24)20-11-15-7-8-15)13-23(18)10-9-22(14)12-16-5-3-2-4-6-16/h2-6,13-15H,7-12H2,1H3,(H,20,24)/t14-/m1/s1. The molecule has 1 aliphatic carbocycles. The summed E-state index contributed by atoms with van der Waals surface area (Å²) in [6.45, 7) is 5.74. The molecule has 1 aliphatic heterocycles. The van der Waals surface area contributed by atoms with Crippen molar-refractivity contribution in [3.05, 3.63) is 53.6 Å². The Morgan fingerprint density at radius 1 is 1.25 bits per heavy atom. The highest BCUT2D eigenvalue weighted by Crippen LogP contribution is 2.28. The van der Waals surface area contributed by atoms with Crippen LogP contribution in [-0.4, -0.2) is 33.4 Å². The van der Waals surface area contributed by atoms with Gasteiger partial charge in [-0.25, -0.2) is 4.98 Å². The highest BCUT2D eigenvalue weighted by molar-refractivity contribution is 5.92. The monoisotopic (exact) mass is 324 g/mol. The van der Waals surface area contributed by atoms with Crippen LogP contribution in [0.3, 0.4) is 0 Å². The van der Waals surface area contributed by atoms with Crippen molar-refractivity contribution in [2.45, 2.75) is 38.9 Å². The van der Waals surface area contributed by atoms with E-state index in [2.05, 4.69) is 51.0 Å². The number of nitrogens with zero attached hydrogens (tertiary/aromatic N) is 3. The number of hydrogen-bond acceptors (Lipinski definition) is 3. The Kier molecular flexibility index (Phi) is 4.10. The number of carbonyl (C=O) groups is 1. The number of carbonyl (C=O) groups excluding carboxylic acids is 1. The van der Waals surface area contributed by atoms with Gasteiger partial charge in [-0.1, -0.05) is 30.3 Å². The van der Waals surface area contributed by atoms with Gasteiger partial charge in [-0.15, -0.1) is 0 Å². The lowest BCUT2D eigenvalue weighted by Gasteiger charge is -2.33. The minimum atomic E-state index is -0.0365. The van der Waals surface area contributed by atoms with E-state index < -0.39 is 0 Å². The lowest BCUT2D eigenvalue weighted by atomic mass is 10.1. The first kappa shape index (κ1) is 15.4. The van der Waals surface area contributed by atoms with Crippen LogP contribution in [0, 0.1) is 5.92 Å². The molecule has 1 amide bonds. The molecule has 126 valence electrons. The fourth-order valence-electron chi connectivity index (χ4n) is 3.33. The fourth-order valence-corrected chi connectivity index (χ4v) is 3.33. The first-order chi connectivity index (χ1) is 11.7. The summed E-state index contributed by atoms with van der Waals surface area (Å²) >= 11 is 0. The second-order valence-corrected chi connectivity index (χ2v) is 6.96. The summed E-state index contributed by atoms with van der Waals surface area (Å²) < 4.78 is 2.14. The lowest BCUT2D eigenvalue weighted by molar-refractivity contribution is 0.0947. The van der Waals surface area contributed by atoms with Gasteiger partial charge in [0.25, 0.3) is 5.91 Å². The average Bonchev–Trinajstić information content (AvgIpc) is 3.33. The van der Waals surface area contributed by atoms with Crippen LogP contribution < -0.4 is 5.32 Å². The van der Waals surface area contributed by atoms with Crippen LogP contribution in [0.15, 0.2) is 36.5 Å². The molecule has 0 radical (unpaired) electrons. The first-order valence-electron chi connectivity index (χ1n) is 8.84. The van der Waals surface area contributed by atoms with Crippen LogP contribution in [-0.2, 0) is 13.1 Å². The van der Waals surface area contributed by atoms with E-state index in [-0.39, 0.29) is 11.9 Å². The molecule has 0 unspecified atom stereocenters. The van der Waals surface area contributed by atoms with Gasteiger partial charge >= 0.3 is 0 Å². The zero-order valence-electron chi connectivity index (χ0n) is 14.1. The summed E-state index contributed by atoms with van der Waals surface area (Å²) in [6.07, 6.45) is 4.39. The third-order valence-corrected chi connectivity index (χ3v) is 5.07. The van der Waals surface area contributed by atoms with Crippen LogP contribution in [0.5, 0.6) is 0 Å². The molecular formula is C19H24N4O. The van der Waals surface area contributed by atoms with Crippen molar-refractivity contribution >= 4 is 5.91 Å². The Hall–Kier alpha value is -2.14. The summed E-state index contributed by atoms with van der Waals surface area (Å²) in [5.41, 5.74) is 1.87. The topological polar surface area (TPSA) is 50.2 Å².